The van der Waals surface area contributed by atoms with E-state index >= 15 is 0 Å². The van der Waals surface area contributed by atoms with Crippen molar-refractivity contribution in [1.29, 1.82) is 0 Å². The van der Waals surface area contributed by atoms with Crippen molar-refractivity contribution in [3.8, 4) is 5.75 Å². The predicted octanol–water partition coefficient (Wildman–Crippen LogP) is 4.90. The maximum atomic E-state index is 6.10. The maximum Gasteiger partial charge on any atom is 0.214 e. The number of hydrogen-bond donors (Lipinski definition) is 2. The van der Waals surface area contributed by atoms with Crippen LogP contribution in [0.1, 0.15) is 29.4 Å². The van der Waals surface area contributed by atoms with Crippen LogP contribution in [0.25, 0.3) is 0 Å². The van der Waals surface area contributed by atoms with E-state index < -0.39 is 0 Å². The number of benzene rings is 2. The van der Waals surface area contributed by atoms with Gasteiger partial charge in [-0.3, -0.25) is 5.10 Å². The van der Waals surface area contributed by atoms with Gasteiger partial charge >= 0.3 is 0 Å². The van der Waals surface area contributed by atoms with Gasteiger partial charge in [0.1, 0.15) is 12.4 Å². The Hall–Kier alpha value is -2.12. The molecule has 0 unspecified atom stereocenters. The molecule has 2 N–H and O–H groups in total. The minimum absolute atomic E-state index is 0.534. The van der Waals surface area contributed by atoms with Crippen molar-refractivity contribution in [2.24, 2.45) is 0 Å². The molecule has 3 rings (SSSR count). The molecular weight excluding hydrogens is 412 g/mol. The number of rotatable bonds is 7. The lowest BCUT2D eigenvalue weighted by atomic mass is 10.1. The summed E-state index contributed by atoms with van der Waals surface area (Å²) in [6.07, 6.45) is 0.787. The lowest BCUT2D eigenvalue weighted by Gasteiger charge is -2.15. The molecule has 0 amide bonds. The fourth-order valence-electron chi connectivity index (χ4n) is 2.65. The van der Waals surface area contributed by atoms with Gasteiger partial charge in [0.05, 0.1) is 6.54 Å². The molecule has 5 nitrogen and oxygen atoms in total. The number of ether oxygens (including phenoxy) is 1. The molecule has 0 aliphatic heterocycles. The van der Waals surface area contributed by atoms with Gasteiger partial charge in [-0.2, -0.15) is 5.10 Å². The van der Waals surface area contributed by atoms with Gasteiger partial charge in [0.2, 0.25) is 4.77 Å². The van der Waals surface area contributed by atoms with Gasteiger partial charge < -0.3 is 10.2 Å². The van der Waals surface area contributed by atoms with Gasteiger partial charge in [-0.15, -0.1) is 0 Å². The van der Waals surface area contributed by atoms with Crippen LogP contribution in [0.3, 0.4) is 0 Å². The van der Waals surface area contributed by atoms with Gasteiger partial charge in [-0.25, -0.2) is 4.68 Å². The molecule has 0 aliphatic carbocycles. The normalized spacial score (nSPS) is 10.7. The fourth-order valence-corrected chi connectivity index (χ4v) is 3.27. The molecule has 0 saturated heterocycles. The number of aromatic amines is 1. The average Bonchev–Trinajstić information content (AvgIpc) is 3.00. The third kappa shape index (κ3) is 4.34. The highest BCUT2D eigenvalue weighted by Gasteiger charge is 2.09. The van der Waals surface area contributed by atoms with Crippen molar-refractivity contribution in [3.63, 3.8) is 0 Å². The minimum Gasteiger partial charge on any atom is -0.489 e. The zero-order valence-electron chi connectivity index (χ0n) is 14.8. The summed E-state index contributed by atoms with van der Waals surface area (Å²) in [5.74, 6) is 1.71. The standard InChI is InChI=1S/C19H21BrN4OS/c1-3-18-22-23-19(26)24(18)21-11-15-10-16(20)8-9-17(15)25-12-14-7-5-4-6-13(14)2/h4-10,21H,3,11-12H2,1-2H3,(H,23,26). The Morgan fingerprint density at radius 2 is 2.04 bits per heavy atom. The molecule has 0 saturated carbocycles. The zero-order chi connectivity index (χ0) is 18.5. The summed E-state index contributed by atoms with van der Waals surface area (Å²) in [4.78, 5) is 0. The molecule has 0 spiro atoms. The molecule has 2 aromatic carbocycles. The smallest absolute Gasteiger partial charge is 0.214 e. The lowest BCUT2D eigenvalue weighted by Crippen LogP contribution is -2.18. The topological polar surface area (TPSA) is 54.9 Å². The molecule has 1 heterocycles. The Morgan fingerprint density at radius 3 is 2.81 bits per heavy atom. The largest absolute Gasteiger partial charge is 0.489 e. The Balaban J connectivity index is 1.76. The zero-order valence-corrected chi connectivity index (χ0v) is 17.2. The average molecular weight is 433 g/mol. The fraction of sp³-hybridized carbons (Fsp3) is 0.263. The van der Waals surface area contributed by atoms with Crippen LogP contribution in [-0.4, -0.2) is 14.9 Å². The maximum absolute atomic E-state index is 6.10. The summed E-state index contributed by atoms with van der Waals surface area (Å²) in [5, 5.41) is 7.03. The van der Waals surface area contributed by atoms with Crippen molar-refractivity contribution in [3.05, 3.63) is 74.2 Å². The molecule has 0 fully saturated rings. The van der Waals surface area contributed by atoms with Crippen molar-refractivity contribution >= 4 is 28.1 Å². The first kappa shape index (κ1) is 18.7. The van der Waals surface area contributed by atoms with E-state index in [0.717, 1.165) is 28.0 Å². The molecule has 0 bridgehead atoms. The van der Waals surface area contributed by atoms with E-state index in [1.165, 1.54) is 11.1 Å². The SMILES string of the molecule is CCc1n[nH]c(=S)n1NCc1cc(Br)ccc1OCc1ccccc1C. The van der Waals surface area contributed by atoms with Crippen molar-refractivity contribution in [2.75, 3.05) is 5.43 Å². The van der Waals surface area contributed by atoms with Crippen molar-refractivity contribution < 1.29 is 4.74 Å². The van der Waals surface area contributed by atoms with E-state index in [0.29, 0.717) is 17.9 Å². The van der Waals surface area contributed by atoms with Crippen molar-refractivity contribution in [1.82, 2.24) is 14.9 Å². The number of aryl methyl sites for hydroxylation is 2. The van der Waals surface area contributed by atoms with Crippen LogP contribution in [-0.2, 0) is 19.6 Å². The van der Waals surface area contributed by atoms with E-state index in [1.807, 2.05) is 31.2 Å². The lowest BCUT2D eigenvalue weighted by molar-refractivity contribution is 0.302. The Bertz CT molecular complexity index is 951. The summed E-state index contributed by atoms with van der Waals surface area (Å²) < 4.78 is 9.46. The van der Waals surface area contributed by atoms with Gasteiger partial charge in [0.25, 0.3) is 0 Å². The second-order valence-corrected chi connectivity index (χ2v) is 7.24. The molecule has 7 heteroatoms. The minimum atomic E-state index is 0.534. The second kappa shape index (κ2) is 8.51. The predicted molar refractivity (Wildman–Crippen MR) is 110 cm³/mol. The van der Waals surface area contributed by atoms with Crippen molar-refractivity contribution in [2.45, 2.75) is 33.4 Å². The van der Waals surface area contributed by atoms with Gasteiger partial charge in [-0.1, -0.05) is 47.1 Å². The second-order valence-electron chi connectivity index (χ2n) is 5.94. The molecule has 0 atom stereocenters. The van der Waals surface area contributed by atoms with Crippen LogP contribution in [0.4, 0.5) is 0 Å². The van der Waals surface area contributed by atoms with E-state index in [9.17, 15) is 0 Å². The number of hydrogen-bond acceptors (Lipinski definition) is 4. The number of H-pyrrole nitrogens is 1. The summed E-state index contributed by atoms with van der Waals surface area (Å²) in [6, 6.07) is 14.3. The Labute approximate surface area is 166 Å². The van der Waals surface area contributed by atoms with Gasteiger partial charge in [0.15, 0.2) is 5.82 Å². The Kier molecular flexibility index (Phi) is 6.11. The highest BCUT2D eigenvalue weighted by molar-refractivity contribution is 9.10. The molecule has 3 aromatic rings. The van der Waals surface area contributed by atoms with Gasteiger partial charge in [0, 0.05) is 16.5 Å². The quantitative estimate of drug-likeness (QED) is 0.521. The number of nitrogens with zero attached hydrogens (tertiary/aromatic N) is 2. The van der Waals surface area contributed by atoms with Crippen LogP contribution in [0.5, 0.6) is 5.75 Å². The van der Waals surface area contributed by atoms with Crippen LogP contribution >= 0.6 is 28.1 Å². The highest BCUT2D eigenvalue weighted by atomic mass is 79.9. The third-order valence-corrected chi connectivity index (χ3v) is 4.92. The van der Waals surface area contributed by atoms with Gasteiger partial charge in [-0.05, 0) is 48.5 Å². The summed E-state index contributed by atoms with van der Waals surface area (Å²) in [6.45, 7) is 5.24. The molecular formula is C19H21BrN4OS. The van der Waals surface area contributed by atoms with E-state index in [4.69, 9.17) is 17.0 Å². The molecule has 26 heavy (non-hydrogen) atoms. The number of aromatic nitrogens is 3. The third-order valence-electron chi connectivity index (χ3n) is 4.15. The summed E-state index contributed by atoms with van der Waals surface area (Å²) in [5.41, 5.74) is 6.77. The monoisotopic (exact) mass is 432 g/mol. The van der Waals surface area contributed by atoms with Crippen LogP contribution in [0, 0.1) is 11.7 Å². The number of halogens is 1. The molecule has 0 radical (unpaired) electrons. The highest BCUT2D eigenvalue weighted by Crippen LogP contribution is 2.25. The first-order valence-electron chi connectivity index (χ1n) is 8.44. The van der Waals surface area contributed by atoms with Crippen LogP contribution < -0.4 is 10.2 Å². The van der Waals surface area contributed by atoms with E-state index in [2.05, 4.69) is 56.7 Å². The van der Waals surface area contributed by atoms with Crippen LogP contribution in [0.15, 0.2) is 46.9 Å². The molecule has 1 aromatic heterocycles. The van der Waals surface area contributed by atoms with Crippen LogP contribution in [0.2, 0.25) is 0 Å². The first-order valence-corrected chi connectivity index (χ1v) is 9.64. The Morgan fingerprint density at radius 1 is 1.23 bits per heavy atom. The number of nitrogens with one attached hydrogen (secondary N) is 2. The summed E-state index contributed by atoms with van der Waals surface area (Å²) >= 11 is 8.82. The van der Waals surface area contributed by atoms with E-state index in [1.54, 1.807) is 4.68 Å². The molecule has 136 valence electrons. The van der Waals surface area contributed by atoms with E-state index in [-0.39, 0.29) is 0 Å². The summed E-state index contributed by atoms with van der Waals surface area (Å²) in [7, 11) is 0. The molecule has 0 aliphatic rings. The first-order chi connectivity index (χ1) is 12.6.